The number of rotatable bonds is 4. The molecule has 1 aliphatic carbocycles. The molecule has 0 bridgehead atoms. The number of hydrogen-bond donors (Lipinski definition) is 1. The fraction of sp³-hybridized carbons (Fsp3) is 0.235. The fourth-order valence-corrected chi connectivity index (χ4v) is 2.73. The van der Waals surface area contributed by atoms with Crippen LogP contribution in [-0.4, -0.2) is 13.0 Å². The van der Waals surface area contributed by atoms with Crippen molar-refractivity contribution in [1.29, 1.82) is 0 Å². The topological polar surface area (TPSA) is 38.3 Å². The summed E-state index contributed by atoms with van der Waals surface area (Å²) in [5.74, 6) is 0.115. The molecule has 0 atom stereocenters. The molecule has 22 heavy (non-hydrogen) atoms. The summed E-state index contributed by atoms with van der Waals surface area (Å²) in [6, 6.07) is 11.1. The first-order chi connectivity index (χ1) is 10.5. The third-order valence-corrected chi connectivity index (χ3v) is 4.23. The van der Waals surface area contributed by atoms with E-state index in [1.807, 2.05) is 0 Å². The van der Waals surface area contributed by atoms with Gasteiger partial charge in [0.2, 0.25) is 5.91 Å². The van der Waals surface area contributed by atoms with Crippen molar-refractivity contribution in [3.63, 3.8) is 0 Å². The van der Waals surface area contributed by atoms with E-state index in [-0.39, 0.29) is 11.7 Å². The highest BCUT2D eigenvalue weighted by Crippen LogP contribution is 2.49. The minimum Gasteiger partial charge on any atom is -0.495 e. The number of amides is 1. The highest BCUT2D eigenvalue weighted by molar-refractivity contribution is 6.31. The average Bonchev–Trinajstić information content (AvgIpc) is 3.30. The molecule has 0 saturated heterocycles. The molecule has 1 fully saturated rings. The van der Waals surface area contributed by atoms with Crippen LogP contribution in [0.25, 0.3) is 0 Å². The molecular weight excluding hydrogens is 305 g/mol. The van der Waals surface area contributed by atoms with Gasteiger partial charge in [-0.05, 0) is 48.7 Å². The van der Waals surface area contributed by atoms with E-state index < -0.39 is 5.41 Å². The van der Waals surface area contributed by atoms with Gasteiger partial charge in [0.15, 0.2) is 0 Å². The largest absolute Gasteiger partial charge is 0.495 e. The molecule has 1 saturated carbocycles. The van der Waals surface area contributed by atoms with E-state index >= 15 is 0 Å². The van der Waals surface area contributed by atoms with Crippen LogP contribution < -0.4 is 10.1 Å². The first kappa shape index (κ1) is 14.9. The Bertz CT molecular complexity index is 711. The van der Waals surface area contributed by atoms with Crippen LogP contribution in [0.1, 0.15) is 18.4 Å². The summed E-state index contributed by atoms with van der Waals surface area (Å²) in [5, 5.41) is 3.39. The predicted octanol–water partition coefficient (Wildman–Crippen LogP) is 4.16. The zero-order chi connectivity index (χ0) is 15.7. The number of benzene rings is 2. The number of anilines is 1. The number of ether oxygens (including phenoxy) is 1. The number of methoxy groups -OCH3 is 1. The summed E-state index contributed by atoms with van der Waals surface area (Å²) in [7, 11) is 1.53. The van der Waals surface area contributed by atoms with Gasteiger partial charge in [0, 0.05) is 5.02 Å². The monoisotopic (exact) mass is 319 g/mol. The summed E-state index contributed by atoms with van der Waals surface area (Å²) in [5.41, 5.74) is 0.780. The lowest BCUT2D eigenvalue weighted by molar-refractivity contribution is -0.118. The van der Waals surface area contributed by atoms with E-state index in [1.165, 1.54) is 19.2 Å². The molecule has 1 N–H and O–H groups in total. The Hall–Kier alpha value is -2.07. The summed E-state index contributed by atoms with van der Waals surface area (Å²) < 4.78 is 18.3. The second kappa shape index (κ2) is 5.61. The normalized spacial score (nSPS) is 15.2. The molecule has 0 unspecified atom stereocenters. The van der Waals surface area contributed by atoms with Gasteiger partial charge < -0.3 is 10.1 Å². The zero-order valence-electron chi connectivity index (χ0n) is 12.0. The molecule has 5 heteroatoms. The SMILES string of the molecule is COc1ccc(Cl)cc1NC(=O)C1(c2ccc(F)cc2)CC1. The van der Waals surface area contributed by atoms with E-state index in [9.17, 15) is 9.18 Å². The molecule has 3 nitrogen and oxygen atoms in total. The quantitative estimate of drug-likeness (QED) is 0.919. The van der Waals surface area contributed by atoms with Gasteiger partial charge in [-0.25, -0.2) is 4.39 Å². The third kappa shape index (κ3) is 2.66. The molecular formula is C17H15ClFNO2. The Kier molecular flexibility index (Phi) is 3.79. The summed E-state index contributed by atoms with van der Waals surface area (Å²) in [4.78, 5) is 12.7. The molecule has 1 aliphatic rings. The predicted molar refractivity (Wildman–Crippen MR) is 83.9 cm³/mol. The van der Waals surface area contributed by atoms with Crippen LogP contribution in [0.5, 0.6) is 5.75 Å². The van der Waals surface area contributed by atoms with Crippen molar-refractivity contribution in [3.8, 4) is 5.75 Å². The van der Waals surface area contributed by atoms with Crippen molar-refractivity contribution in [2.45, 2.75) is 18.3 Å². The Morgan fingerprint density at radius 2 is 1.91 bits per heavy atom. The molecule has 0 heterocycles. The van der Waals surface area contributed by atoms with Crippen molar-refractivity contribution in [1.82, 2.24) is 0 Å². The van der Waals surface area contributed by atoms with E-state index in [4.69, 9.17) is 16.3 Å². The lowest BCUT2D eigenvalue weighted by atomic mass is 9.95. The molecule has 2 aromatic rings. The molecule has 0 aromatic heterocycles. The Morgan fingerprint density at radius 3 is 2.50 bits per heavy atom. The van der Waals surface area contributed by atoms with Crippen molar-refractivity contribution in [2.75, 3.05) is 12.4 Å². The zero-order valence-corrected chi connectivity index (χ0v) is 12.8. The van der Waals surface area contributed by atoms with Crippen LogP contribution in [0, 0.1) is 5.82 Å². The number of hydrogen-bond acceptors (Lipinski definition) is 2. The summed E-state index contributed by atoms with van der Waals surface area (Å²) >= 11 is 5.97. The van der Waals surface area contributed by atoms with Gasteiger partial charge in [-0.3, -0.25) is 4.79 Å². The van der Waals surface area contributed by atoms with Gasteiger partial charge >= 0.3 is 0 Å². The van der Waals surface area contributed by atoms with E-state index in [2.05, 4.69) is 5.32 Å². The molecule has 0 spiro atoms. The smallest absolute Gasteiger partial charge is 0.235 e. The van der Waals surface area contributed by atoms with E-state index in [0.29, 0.717) is 16.5 Å². The summed E-state index contributed by atoms with van der Waals surface area (Å²) in [6.07, 6.45) is 1.49. The van der Waals surface area contributed by atoms with Crippen LogP contribution in [0.15, 0.2) is 42.5 Å². The number of nitrogens with one attached hydrogen (secondary N) is 1. The van der Waals surface area contributed by atoms with E-state index in [0.717, 1.165) is 18.4 Å². The first-order valence-corrected chi connectivity index (χ1v) is 7.34. The van der Waals surface area contributed by atoms with Crippen LogP contribution in [0.3, 0.4) is 0 Å². The van der Waals surface area contributed by atoms with Crippen molar-refractivity contribution >= 4 is 23.2 Å². The standard InChI is InChI=1S/C17H15ClFNO2/c1-22-15-7-4-12(18)10-14(15)20-16(21)17(8-9-17)11-2-5-13(19)6-3-11/h2-7,10H,8-9H2,1H3,(H,20,21). The lowest BCUT2D eigenvalue weighted by Gasteiger charge is -2.17. The van der Waals surface area contributed by atoms with Crippen LogP contribution in [-0.2, 0) is 10.2 Å². The van der Waals surface area contributed by atoms with Crippen LogP contribution in [0.2, 0.25) is 5.02 Å². The Labute approximate surface area is 133 Å². The second-order valence-corrected chi connectivity index (χ2v) is 5.82. The maximum atomic E-state index is 13.1. The van der Waals surface area contributed by atoms with Crippen molar-refractivity contribution in [3.05, 3.63) is 58.9 Å². The molecule has 114 valence electrons. The van der Waals surface area contributed by atoms with Gasteiger partial charge in [-0.2, -0.15) is 0 Å². The third-order valence-electron chi connectivity index (χ3n) is 3.99. The molecule has 2 aromatic carbocycles. The molecule has 3 rings (SSSR count). The number of carbonyl (C=O) groups excluding carboxylic acids is 1. The van der Waals surface area contributed by atoms with Gasteiger partial charge in [0.25, 0.3) is 0 Å². The minimum atomic E-state index is -0.582. The minimum absolute atomic E-state index is 0.125. The Morgan fingerprint density at radius 1 is 1.23 bits per heavy atom. The van der Waals surface area contributed by atoms with Gasteiger partial charge in [0.05, 0.1) is 18.2 Å². The first-order valence-electron chi connectivity index (χ1n) is 6.96. The van der Waals surface area contributed by atoms with Gasteiger partial charge in [-0.15, -0.1) is 0 Å². The second-order valence-electron chi connectivity index (χ2n) is 5.39. The highest BCUT2D eigenvalue weighted by Gasteiger charge is 2.51. The van der Waals surface area contributed by atoms with Crippen LogP contribution in [0.4, 0.5) is 10.1 Å². The van der Waals surface area contributed by atoms with Crippen LogP contribution >= 0.6 is 11.6 Å². The fourth-order valence-electron chi connectivity index (χ4n) is 2.56. The Balaban J connectivity index is 1.86. The maximum Gasteiger partial charge on any atom is 0.235 e. The van der Waals surface area contributed by atoms with Crippen molar-refractivity contribution < 1.29 is 13.9 Å². The molecule has 0 radical (unpaired) electrons. The molecule has 1 amide bonds. The number of halogens is 2. The van der Waals surface area contributed by atoms with Gasteiger partial charge in [-0.1, -0.05) is 23.7 Å². The number of carbonyl (C=O) groups is 1. The van der Waals surface area contributed by atoms with Crippen molar-refractivity contribution in [2.24, 2.45) is 0 Å². The molecule has 0 aliphatic heterocycles. The lowest BCUT2D eigenvalue weighted by Crippen LogP contribution is -2.28. The maximum absolute atomic E-state index is 13.1. The van der Waals surface area contributed by atoms with Gasteiger partial charge in [0.1, 0.15) is 11.6 Å². The average molecular weight is 320 g/mol. The summed E-state index contributed by atoms with van der Waals surface area (Å²) in [6.45, 7) is 0. The van der Waals surface area contributed by atoms with E-state index in [1.54, 1.807) is 30.3 Å². The highest BCUT2D eigenvalue weighted by atomic mass is 35.5.